The van der Waals surface area contributed by atoms with Crippen LogP contribution in [0.25, 0.3) is 0 Å². The molecule has 3 rings (SSSR count). The highest BCUT2D eigenvalue weighted by atomic mass is 19.4. The maximum Gasteiger partial charge on any atom is 0.416 e. The van der Waals surface area contributed by atoms with E-state index in [2.05, 4.69) is 31.2 Å². The molecule has 0 unspecified atom stereocenters. The lowest BCUT2D eigenvalue weighted by atomic mass is 9.77. The molecule has 0 amide bonds. The van der Waals surface area contributed by atoms with Crippen molar-refractivity contribution in [3.05, 3.63) is 70.8 Å². The van der Waals surface area contributed by atoms with Gasteiger partial charge in [0, 0.05) is 0 Å². The molecule has 0 N–H and O–H groups in total. The first kappa shape index (κ1) is 19.0. The highest BCUT2D eigenvalue weighted by Gasteiger charge is 2.29. The quantitative estimate of drug-likeness (QED) is 0.522. The van der Waals surface area contributed by atoms with Crippen LogP contribution < -0.4 is 0 Å². The summed E-state index contributed by atoms with van der Waals surface area (Å²) < 4.78 is 37.9. The molecule has 0 bridgehead atoms. The van der Waals surface area contributed by atoms with E-state index in [0.29, 0.717) is 12.3 Å². The summed E-state index contributed by atoms with van der Waals surface area (Å²) in [5.74, 6) is 1.58. The first-order valence-corrected chi connectivity index (χ1v) is 9.70. The summed E-state index contributed by atoms with van der Waals surface area (Å²) in [6.07, 6.45) is 4.29. The van der Waals surface area contributed by atoms with Gasteiger partial charge in [-0.15, -0.1) is 0 Å². The van der Waals surface area contributed by atoms with E-state index in [1.807, 2.05) is 0 Å². The number of hydrogen-bond donors (Lipinski definition) is 0. The van der Waals surface area contributed by atoms with Crippen LogP contribution >= 0.6 is 0 Å². The molecule has 26 heavy (non-hydrogen) atoms. The van der Waals surface area contributed by atoms with E-state index in [9.17, 15) is 13.2 Å². The lowest BCUT2D eigenvalue weighted by molar-refractivity contribution is -0.137. The van der Waals surface area contributed by atoms with Crippen molar-refractivity contribution in [2.24, 2.45) is 5.92 Å². The topological polar surface area (TPSA) is 0 Å². The molecular formula is C23H27F3. The van der Waals surface area contributed by atoms with E-state index in [1.165, 1.54) is 56.2 Å². The summed E-state index contributed by atoms with van der Waals surface area (Å²) in [6, 6.07) is 14.2. The zero-order chi connectivity index (χ0) is 18.6. The summed E-state index contributed by atoms with van der Waals surface area (Å²) in [5.41, 5.74) is 2.88. The second kappa shape index (κ2) is 8.28. The Bertz CT molecular complexity index is 675. The fourth-order valence-electron chi connectivity index (χ4n) is 4.15. The number of rotatable bonds is 5. The monoisotopic (exact) mass is 360 g/mol. The normalized spacial score (nSPS) is 20.9. The van der Waals surface area contributed by atoms with Crippen LogP contribution in [-0.2, 0) is 12.6 Å². The molecule has 1 aliphatic rings. The minimum absolute atomic E-state index is 0.588. The molecule has 2 aromatic carbocycles. The highest BCUT2D eigenvalue weighted by Crippen LogP contribution is 2.37. The third-order valence-corrected chi connectivity index (χ3v) is 5.68. The average Bonchev–Trinajstić information content (AvgIpc) is 2.63. The predicted molar refractivity (Wildman–Crippen MR) is 100 cm³/mol. The Labute approximate surface area is 154 Å². The van der Waals surface area contributed by atoms with Gasteiger partial charge >= 0.3 is 6.18 Å². The Morgan fingerprint density at radius 3 is 1.85 bits per heavy atom. The van der Waals surface area contributed by atoms with Gasteiger partial charge in [-0.1, -0.05) is 56.2 Å². The summed E-state index contributed by atoms with van der Waals surface area (Å²) in [6.45, 7) is 2.27. The van der Waals surface area contributed by atoms with E-state index < -0.39 is 11.7 Å². The molecule has 1 saturated carbocycles. The van der Waals surface area contributed by atoms with Crippen LogP contribution in [0.4, 0.5) is 13.2 Å². The SMILES string of the molecule is CCCC1CCC(c2ccc(Cc3ccc(C(F)(F)F)cc3)cc2)CC1. The van der Waals surface area contributed by atoms with Gasteiger partial charge in [0.2, 0.25) is 0 Å². The number of alkyl halides is 3. The zero-order valence-electron chi connectivity index (χ0n) is 15.4. The molecule has 3 heteroatoms. The van der Waals surface area contributed by atoms with Crippen molar-refractivity contribution in [3.63, 3.8) is 0 Å². The largest absolute Gasteiger partial charge is 0.416 e. The molecule has 140 valence electrons. The number of benzene rings is 2. The molecule has 0 aliphatic heterocycles. The summed E-state index contributed by atoms with van der Waals surface area (Å²) in [4.78, 5) is 0. The Morgan fingerprint density at radius 1 is 0.808 bits per heavy atom. The van der Waals surface area contributed by atoms with Crippen molar-refractivity contribution in [2.75, 3.05) is 0 Å². The van der Waals surface area contributed by atoms with Gasteiger partial charge in [0.05, 0.1) is 5.56 Å². The fraction of sp³-hybridized carbons (Fsp3) is 0.478. The second-order valence-corrected chi connectivity index (χ2v) is 7.62. The van der Waals surface area contributed by atoms with Gasteiger partial charge in [-0.25, -0.2) is 0 Å². The fourth-order valence-corrected chi connectivity index (χ4v) is 4.15. The third-order valence-electron chi connectivity index (χ3n) is 5.68. The molecule has 1 aliphatic carbocycles. The van der Waals surface area contributed by atoms with Crippen molar-refractivity contribution in [3.8, 4) is 0 Å². The molecule has 0 aromatic heterocycles. The third kappa shape index (κ3) is 4.90. The van der Waals surface area contributed by atoms with Crippen molar-refractivity contribution >= 4 is 0 Å². The van der Waals surface area contributed by atoms with E-state index in [4.69, 9.17) is 0 Å². The molecule has 0 atom stereocenters. The molecule has 1 fully saturated rings. The number of halogens is 3. The summed E-state index contributed by atoms with van der Waals surface area (Å²) in [5, 5.41) is 0. The molecule has 0 nitrogen and oxygen atoms in total. The smallest absolute Gasteiger partial charge is 0.166 e. The second-order valence-electron chi connectivity index (χ2n) is 7.62. The first-order valence-electron chi connectivity index (χ1n) is 9.70. The van der Waals surface area contributed by atoms with Gasteiger partial charge in [0.25, 0.3) is 0 Å². The van der Waals surface area contributed by atoms with Gasteiger partial charge in [-0.3, -0.25) is 0 Å². The van der Waals surface area contributed by atoms with E-state index in [0.717, 1.165) is 17.0 Å². The Hall–Kier alpha value is -1.77. The summed E-state index contributed by atoms with van der Waals surface area (Å²) in [7, 11) is 0. The Balaban J connectivity index is 1.58. The molecule has 0 saturated heterocycles. The standard InChI is InChI=1S/C23H27F3/c1-2-3-17-4-10-20(11-5-17)21-12-6-18(7-13-21)16-19-8-14-22(15-9-19)23(24,25)26/h6-9,12-15,17,20H,2-5,10-11,16H2,1H3. The Kier molecular flexibility index (Phi) is 6.05. The van der Waals surface area contributed by atoms with Gasteiger partial charge in [-0.2, -0.15) is 13.2 Å². The van der Waals surface area contributed by atoms with Gasteiger partial charge in [-0.05, 0) is 72.8 Å². The maximum atomic E-state index is 12.6. The van der Waals surface area contributed by atoms with Crippen LogP contribution in [-0.4, -0.2) is 0 Å². The lowest BCUT2D eigenvalue weighted by Gasteiger charge is -2.28. The van der Waals surface area contributed by atoms with Gasteiger partial charge in [0.1, 0.15) is 0 Å². The van der Waals surface area contributed by atoms with E-state index >= 15 is 0 Å². The first-order chi connectivity index (χ1) is 12.5. The van der Waals surface area contributed by atoms with Crippen molar-refractivity contribution < 1.29 is 13.2 Å². The lowest BCUT2D eigenvalue weighted by Crippen LogP contribution is -2.13. The molecule has 0 radical (unpaired) electrons. The van der Waals surface area contributed by atoms with Gasteiger partial charge < -0.3 is 0 Å². The molecule has 0 heterocycles. The highest BCUT2D eigenvalue weighted by molar-refractivity contribution is 5.32. The van der Waals surface area contributed by atoms with Crippen LogP contribution in [0, 0.1) is 5.92 Å². The zero-order valence-corrected chi connectivity index (χ0v) is 15.4. The van der Waals surface area contributed by atoms with Crippen molar-refractivity contribution in [1.82, 2.24) is 0 Å². The van der Waals surface area contributed by atoms with E-state index in [1.54, 1.807) is 12.1 Å². The minimum Gasteiger partial charge on any atom is -0.166 e. The molecule has 2 aromatic rings. The van der Waals surface area contributed by atoms with Crippen molar-refractivity contribution in [1.29, 1.82) is 0 Å². The van der Waals surface area contributed by atoms with Crippen LogP contribution in [0.1, 0.15) is 73.6 Å². The average molecular weight is 360 g/mol. The van der Waals surface area contributed by atoms with E-state index in [-0.39, 0.29) is 0 Å². The molecule has 0 spiro atoms. The predicted octanol–water partition coefficient (Wildman–Crippen LogP) is 7.37. The minimum atomic E-state index is -4.27. The van der Waals surface area contributed by atoms with Crippen molar-refractivity contribution in [2.45, 2.75) is 64.0 Å². The summed E-state index contributed by atoms with van der Waals surface area (Å²) >= 11 is 0. The van der Waals surface area contributed by atoms with Crippen LogP contribution in [0.5, 0.6) is 0 Å². The maximum absolute atomic E-state index is 12.6. The Morgan fingerprint density at radius 2 is 1.35 bits per heavy atom. The van der Waals surface area contributed by atoms with Crippen LogP contribution in [0.2, 0.25) is 0 Å². The van der Waals surface area contributed by atoms with Gasteiger partial charge in [0.15, 0.2) is 0 Å². The molecular weight excluding hydrogens is 333 g/mol. The van der Waals surface area contributed by atoms with Crippen LogP contribution in [0.3, 0.4) is 0 Å². The van der Waals surface area contributed by atoms with Crippen LogP contribution in [0.15, 0.2) is 48.5 Å². The number of hydrogen-bond acceptors (Lipinski definition) is 0.